The fourth-order valence-electron chi connectivity index (χ4n) is 1.52. The Morgan fingerprint density at radius 2 is 1.81 bits per heavy atom. The molecule has 0 aliphatic rings. The van der Waals surface area contributed by atoms with Crippen molar-refractivity contribution in [2.75, 3.05) is 0 Å². The van der Waals surface area contributed by atoms with E-state index in [0.29, 0.717) is 4.47 Å². The van der Waals surface area contributed by atoms with Gasteiger partial charge in [0.2, 0.25) is 15.9 Å². The first kappa shape index (κ1) is 18.6. The third kappa shape index (κ3) is 5.69. The Morgan fingerprint density at radius 3 is 2.29 bits per heavy atom. The molecule has 1 unspecified atom stereocenters. The van der Waals surface area contributed by atoms with Crippen molar-refractivity contribution in [2.45, 2.75) is 44.2 Å². The van der Waals surface area contributed by atoms with Crippen LogP contribution < -0.4 is 10.0 Å². The average molecular weight is 442 g/mol. The van der Waals surface area contributed by atoms with Crippen molar-refractivity contribution in [2.24, 2.45) is 0 Å². The molecule has 1 aromatic carbocycles. The molecule has 0 aliphatic carbocycles. The Labute approximate surface area is 142 Å². The van der Waals surface area contributed by atoms with Gasteiger partial charge in [0.25, 0.3) is 0 Å². The van der Waals surface area contributed by atoms with Gasteiger partial charge in [-0.25, -0.2) is 8.42 Å². The van der Waals surface area contributed by atoms with Crippen molar-refractivity contribution in [1.29, 1.82) is 0 Å². The number of amides is 1. The number of hydrogen-bond donors (Lipinski definition) is 2. The maximum atomic E-state index is 12.3. The molecule has 21 heavy (non-hydrogen) atoms. The predicted octanol–water partition coefficient (Wildman–Crippen LogP) is 2.79. The van der Waals surface area contributed by atoms with Gasteiger partial charge in [-0.1, -0.05) is 15.9 Å². The third-order valence-corrected chi connectivity index (χ3v) is 5.42. The van der Waals surface area contributed by atoms with Gasteiger partial charge in [0.15, 0.2) is 0 Å². The summed E-state index contributed by atoms with van der Waals surface area (Å²) in [5.41, 5.74) is -0.422. The van der Waals surface area contributed by atoms with E-state index in [1.165, 1.54) is 13.0 Å². The number of hydrogen-bond acceptors (Lipinski definition) is 3. The summed E-state index contributed by atoms with van der Waals surface area (Å²) >= 11 is 6.47. The summed E-state index contributed by atoms with van der Waals surface area (Å²) in [6.45, 7) is 7.00. The lowest BCUT2D eigenvalue weighted by Crippen LogP contribution is -2.50. The lowest BCUT2D eigenvalue weighted by molar-refractivity contribution is -0.123. The van der Waals surface area contributed by atoms with Gasteiger partial charge in [-0.2, -0.15) is 4.72 Å². The molecule has 8 heteroatoms. The molecule has 0 aliphatic heterocycles. The van der Waals surface area contributed by atoms with Crippen LogP contribution in [0.3, 0.4) is 0 Å². The number of benzene rings is 1. The molecule has 0 saturated heterocycles. The van der Waals surface area contributed by atoms with E-state index < -0.39 is 21.6 Å². The minimum Gasteiger partial charge on any atom is -0.350 e. The molecule has 118 valence electrons. The lowest BCUT2D eigenvalue weighted by Gasteiger charge is -2.23. The van der Waals surface area contributed by atoms with E-state index in [1.54, 1.807) is 12.1 Å². The fraction of sp³-hybridized carbons (Fsp3) is 0.462. The van der Waals surface area contributed by atoms with E-state index in [0.717, 1.165) is 4.47 Å². The van der Waals surface area contributed by atoms with E-state index in [9.17, 15) is 13.2 Å². The minimum absolute atomic E-state index is 0.0844. The van der Waals surface area contributed by atoms with E-state index in [4.69, 9.17) is 0 Å². The van der Waals surface area contributed by atoms with Gasteiger partial charge in [-0.3, -0.25) is 4.79 Å². The molecule has 1 atom stereocenters. The first-order valence-electron chi connectivity index (χ1n) is 6.22. The van der Waals surface area contributed by atoms with Crippen molar-refractivity contribution in [3.05, 3.63) is 27.1 Å². The van der Waals surface area contributed by atoms with Crippen LogP contribution in [0.15, 0.2) is 32.0 Å². The van der Waals surface area contributed by atoms with Crippen LogP contribution in [0.25, 0.3) is 0 Å². The van der Waals surface area contributed by atoms with E-state index >= 15 is 0 Å². The fourth-order valence-corrected chi connectivity index (χ4v) is 4.47. The lowest BCUT2D eigenvalue weighted by atomic mass is 10.1. The first-order valence-corrected chi connectivity index (χ1v) is 9.29. The summed E-state index contributed by atoms with van der Waals surface area (Å²) in [4.78, 5) is 12.0. The highest BCUT2D eigenvalue weighted by atomic mass is 79.9. The molecular weight excluding hydrogens is 424 g/mol. The summed E-state index contributed by atoms with van der Waals surface area (Å²) in [5.74, 6) is -0.376. The van der Waals surface area contributed by atoms with Gasteiger partial charge in [0.05, 0.1) is 10.9 Å². The maximum Gasteiger partial charge on any atom is 0.242 e. The zero-order chi connectivity index (χ0) is 16.4. The molecule has 1 rings (SSSR count). The summed E-state index contributed by atoms with van der Waals surface area (Å²) in [6.07, 6.45) is 0. The Hall–Kier alpha value is -0.440. The molecular formula is C13H18Br2N2O3S. The van der Waals surface area contributed by atoms with Crippen LogP contribution in [-0.2, 0) is 14.8 Å². The van der Waals surface area contributed by atoms with Gasteiger partial charge in [-0.05, 0) is 61.8 Å². The van der Waals surface area contributed by atoms with E-state index in [-0.39, 0.29) is 10.8 Å². The molecule has 0 bridgehead atoms. The van der Waals surface area contributed by atoms with Crippen molar-refractivity contribution in [3.63, 3.8) is 0 Å². The van der Waals surface area contributed by atoms with Crippen molar-refractivity contribution < 1.29 is 13.2 Å². The molecule has 0 spiro atoms. The number of rotatable bonds is 4. The molecule has 1 amide bonds. The van der Waals surface area contributed by atoms with Crippen LogP contribution in [0.1, 0.15) is 27.7 Å². The standard InChI is InChI=1S/C13H18Br2N2O3S/c1-8(12(18)16-13(2,3)4)17-21(19,20)11-6-5-9(14)7-10(11)15/h5-8,17H,1-4H3,(H,16,18). The second kappa shape index (κ2) is 6.76. The highest BCUT2D eigenvalue weighted by molar-refractivity contribution is 9.11. The monoisotopic (exact) mass is 440 g/mol. The maximum absolute atomic E-state index is 12.3. The Kier molecular flexibility index (Phi) is 5.99. The zero-order valence-electron chi connectivity index (χ0n) is 12.2. The number of halogens is 2. The SMILES string of the molecule is CC(NS(=O)(=O)c1ccc(Br)cc1Br)C(=O)NC(C)(C)C. The first-order chi connectivity index (χ1) is 9.42. The predicted molar refractivity (Wildman–Crippen MR) is 89.5 cm³/mol. The van der Waals surface area contributed by atoms with Crippen LogP contribution in [0.2, 0.25) is 0 Å². The normalized spacial score (nSPS) is 13.8. The zero-order valence-corrected chi connectivity index (χ0v) is 16.2. The third-order valence-electron chi connectivity index (χ3n) is 2.41. The minimum atomic E-state index is -3.79. The molecule has 0 radical (unpaired) electrons. The summed E-state index contributed by atoms with van der Waals surface area (Å²) in [7, 11) is -3.79. The molecule has 1 aromatic rings. The largest absolute Gasteiger partial charge is 0.350 e. The van der Waals surface area contributed by atoms with Crippen LogP contribution >= 0.6 is 31.9 Å². The van der Waals surface area contributed by atoms with Gasteiger partial charge < -0.3 is 5.32 Å². The van der Waals surface area contributed by atoms with Crippen molar-refractivity contribution >= 4 is 47.8 Å². The Balaban J connectivity index is 2.92. The Bertz CT molecular complexity index is 639. The van der Waals surface area contributed by atoms with Crippen LogP contribution in [0.5, 0.6) is 0 Å². The molecule has 0 fully saturated rings. The number of sulfonamides is 1. The van der Waals surface area contributed by atoms with Gasteiger partial charge >= 0.3 is 0 Å². The summed E-state index contributed by atoms with van der Waals surface area (Å²) in [6, 6.07) is 3.85. The molecule has 5 nitrogen and oxygen atoms in total. The van der Waals surface area contributed by atoms with Gasteiger partial charge in [-0.15, -0.1) is 0 Å². The highest BCUT2D eigenvalue weighted by Crippen LogP contribution is 2.25. The molecule has 0 heterocycles. The van der Waals surface area contributed by atoms with Crippen molar-refractivity contribution in [3.8, 4) is 0 Å². The van der Waals surface area contributed by atoms with Crippen LogP contribution in [0.4, 0.5) is 0 Å². The van der Waals surface area contributed by atoms with Crippen molar-refractivity contribution in [1.82, 2.24) is 10.0 Å². The summed E-state index contributed by atoms with van der Waals surface area (Å²) in [5, 5.41) is 2.73. The second-order valence-corrected chi connectivity index (χ2v) is 9.11. The quantitative estimate of drug-likeness (QED) is 0.754. The molecule has 0 saturated carbocycles. The average Bonchev–Trinajstić information content (AvgIpc) is 2.24. The summed E-state index contributed by atoms with van der Waals surface area (Å²) < 4.78 is 28.2. The molecule has 0 aromatic heterocycles. The highest BCUT2D eigenvalue weighted by Gasteiger charge is 2.25. The smallest absolute Gasteiger partial charge is 0.242 e. The van der Waals surface area contributed by atoms with Gasteiger partial charge in [0.1, 0.15) is 0 Å². The van der Waals surface area contributed by atoms with Crippen LogP contribution in [-0.4, -0.2) is 25.9 Å². The number of nitrogens with one attached hydrogen (secondary N) is 2. The van der Waals surface area contributed by atoms with E-state index in [2.05, 4.69) is 41.9 Å². The molecule has 2 N–H and O–H groups in total. The topological polar surface area (TPSA) is 75.3 Å². The van der Waals surface area contributed by atoms with Gasteiger partial charge in [0, 0.05) is 14.5 Å². The van der Waals surface area contributed by atoms with E-state index in [1.807, 2.05) is 20.8 Å². The van der Waals surface area contributed by atoms with Crippen LogP contribution in [0, 0.1) is 0 Å². The second-order valence-electron chi connectivity index (χ2n) is 5.66. The Morgan fingerprint density at radius 1 is 1.24 bits per heavy atom. The number of carbonyl (C=O) groups excluding carboxylic acids is 1. The number of carbonyl (C=O) groups is 1.